The third-order valence-electron chi connectivity index (χ3n) is 3.58. The van der Waals surface area contributed by atoms with Gasteiger partial charge in [0.15, 0.2) is 0 Å². The lowest BCUT2D eigenvalue weighted by atomic mass is 10.2. The van der Waals surface area contributed by atoms with Gasteiger partial charge in [-0.1, -0.05) is 22.0 Å². The molecular formula is C18H20BrN3O4S. The second-order valence-corrected chi connectivity index (χ2v) is 8.77. The molecule has 0 aromatic heterocycles. The average molecular weight is 454 g/mol. The smallest absolute Gasteiger partial charge is 0.245 e. The number of rotatable bonds is 6. The first-order valence-electron chi connectivity index (χ1n) is 7.97. The summed E-state index contributed by atoms with van der Waals surface area (Å²) in [4.78, 5) is 23.6. The molecule has 0 radical (unpaired) electrons. The summed E-state index contributed by atoms with van der Waals surface area (Å²) in [7, 11) is -3.66. The van der Waals surface area contributed by atoms with E-state index in [1.54, 1.807) is 42.5 Å². The van der Waals surface area contributed by atoms with E-state index in [1.165, 1.54) is 6.92 Å². The zero-order valence-corrected chi connectivity index (χ0v) is 17.5. The fourth-order valence-corrected chi connectivity index (χ4v) is 3.49. The van der Waals surface area contributed by atoms with Gasteiger partial charge in [0, 0.05) is 22.8 Å². The first-order chi connectivity index (χ1) is 12.6. The van der Waals surface area contributed by atoms with Crippen molar-refractivity contribution in [3.05, 3.63) is 52.5 Å². The van der Waals surface area contributed by atoms with Crippen molar-refractivity contribution in [3.63, 3.8) is 0 Å². The monoisotopic (exact) mass is 453 g/mol. The zero-order chi connectivity index (χ0) is 20.2. The molecule has 7 nitrogen and oxygen atoms in total. The molecule has 2 aromatic rings. The van der Waals surface area contributed by atoms with Crippen LogP contribution in [-0.2, 0) is 19.6 Å². The van der Waals surface area contributed by atoms with Gasteiger partial charge in [-0.3, -0.25) is 13.9 Å². The minimum atomic E-state index is -3.66. The fraction of sp³-hybridized carbons (Fsp3) is 0.222. The molecule has 0 saturated heterocycles. The summed E-state index contributed by atoms with van der Waals surface area (Å²) in [5.74, 6) is -0.728. The van der Waals surface area contributed by atoms with Crippen molar-refractivity contribution in [2.24, 2.45) is 0 Å². The topological polar surface area (TPSA) is 95.6 Å². The minimum Gasteiger partial charge on any atom is -0.326 e. The van der Waals surface area contributed by atoms with E-state index in [0.717, 1.165) is 20.6 Å². The Morgan fingerprint density at radius 2 is 1.70 bits per heavy atom. The van der Waals surface area contributed by atoms with Crippen molar-refractivity contribution in [1.29, 1.82) is 0 Å². The van der Waals surface area contributed by atoms with Gasteiger partial charge >= 0.3 is 0 Å². The Hall–Kier alpha value is -2.39. The largest absolute Gasteiger partial charge is 0.326 e. The maximum atomic E-state index is 12.4. The highest BCUT2D eigenvalue weighted by Crippen LogP contribution is 2.24. The molecule has 0 unspecified atom stereocenters. The molecule has 2 N–H and O–H groups in total. The summed E-state index contributed by atoms with van der Waals surface area (Å²) in [5.41, 5.74) is 2.24. The van der Waals surface area contributed by atoms with E-state index < -0.39 is 15.9 Å². The van der Waals surface area contributed by atoms with Crippen molar-refractivity contribution in [3.8, 4) is 0 Å². The Morgan fingerprint density at radius 3 is 2.26 bits per heavy atom. The second-order valence-electron chi connectivity index (χ2n) is 6.01. The van der Waals surface area contributed by atoms with Crippen molar-refractivity contribution in [2.75, 3.05) is 27.7 Å². The predicted octanol–water partition coefficient (Wildman–Crippen LogP) is 3.12. The van der Waals surface area contributed by atoms with E-state index in [1.807, 2.05) is 6.92 Å². The molecule has 0 atom stereocenters. The number of hydrogen-bond acceptors (Lipinski definition) is 4. The van der Waals surface area contributed by atoms with Crippen LogP contribution < -0.4 is 14.9 Å². The van der Waals surface area contributed by atoms with Gasteiger partial charge in [0.2, 0.25) is 21.8 Å². The number of halogens is 1. The first-order valence-corrected chi connectivity index (χ1v) is 10.6. The van der Waals surface area contributed by atoms with E-state index in [0.29, 0.717) is 17.1 Å². The molecule has 2 amide bonds. The standard InChI is InChI=1S/C18H20BrN3O4S/c1-12-9-16(7-8-17(12)19)22(27(3,25)26)11-18(24)21-15-6-4-5-14(10-15)20-13(2)23/h4-10H,11H2,1-3H3,(H,20,23)(H,21,24). The highest BCUT2D eigenvalue weighted by atomic mass is 79.9. The molecule has 0 aliphatic rings. The SMILES string of the molecule is CC(=O)Nc1cccc(NC(=O)CN(c2ccc(Br)c(C)c2)S(C)(=O)=O)c1. The molecule has 0 aliphatic carbocycles. The Kier molecular flexibility index (Phi) is 6.61. The number of amides is 2. The maximum absolute atomic E-state index is 12.4. The number of anilines is 3. The molecule has 144 valence electrons. The molecule has 0 bridgehead atoms. The van der Waals surface area contributed by atoms with Crippen LogP contribution in [0.25, 0.3) is 0 Å². The summed E-state index contributed by atoms with van der Waals surface area (Å²) in [6.45, 7) is 2.85. The lowest BCUT2D eigenvalue weighted by Crippen LogP contribution is -2.37. The fourth-order valence-electron chi connectivity index (χ4n) is 2.39. The molecule has 2 rings (SSSR count). The van der Waals surface area contributed by atoms with Gasteiger partial charge in [0.1, 0.15) is 6.54 Å². The Bertz CT molecular complexity index is 976. The minimum absolute atomic E-state index is 0.229. The molecule has 2 aromatic carbocycles. The Labute approximate surface area is 166 Å². The first kappa shape index (κ1) is 20.9. The van der Waals surface area contributed by atoms with Crippen LogP contribution in [0.5, 0.6) is 0 Å². The van der Waals surface area contributed by atoms with Gasteiger partial charge in [0.05, 0.1) is 11.9 Å². The number of carbonyl (C=O) groups excluding carboxylic acids is 2. The van der Waals surface area contributed by atoms with Crippen molar-refractivity contribution in [1.82, 2.24) is 0 Å². The zero-order valence-electron chi connectivity index (χ0n) is 15.1. The molecule has 27 heavy (non-hydrogen) atoms. The van der Waals surface area contributed by atoms with Gasteiger partial charge < -0.3 is 10.6 Å². The van der Waals surface area contributed by atoms with E-state index in [2.05, 4.69) is 26.6 Å². The maximum Gasteiger partial charge on any atom is 0.245 e. The number of benzene rings is 2. The number of nitrogens with one attached hydrogen (secondary N) is 2. The van der Waals surface area contributed by atoms with E-state index >= 15 is 0 Å². The van der Waals surface area contributed by atoms with Crippen molar-refractivity contribution >= 4 is 54.8 Å². The third kappa shape index (κ3) is 6.07. The van der Waals surface area contributed by atoms with Crippen LogP contribution in [0.15, 0.2) is 46.9 Å². The number of aryl methyl sites for hydroxylation is 1. The van der Waals surface area contributed by atoms with Crippen LogP contribution in [0.1, 0.15) is 12.5 Å². The molecule has 0 aliphatic heterocycles. The number of carbonyl (C=O) groups is 2. The molecule has 0 spiro atoms. The van der Waals surface area contributed by atoms with Gasteiger partial charge in [0.25, 0.3) is 0 Å². The van der Waals surface area contributed by atoms with E-state index in [9.17, 15) is 18.0 Å². The van der Waals surface area contributed by atoms with Crippen LogP contribution in [0, 0.1) is 6.92 Å². The highest BCUT2D eigenvalue weighted by Gasteiger charge is 2.21. The van der Waals surface area contributed by atoms with Crippen LogP contribution in [0.2, 0.25) is 0 Å². The number of sulfonamides is 1. The van der Waals surface area contributed by atoms with Gasteiger partial charge in [-0.15, -0.1) is 0 Å². The van der Waals surface area contributed by atoms with E-state index in [-0.39, 0.29) is 12.5 Å². The Balaban J connectivity index is 2.19. The Morgan fingerprint density at radius 1 is 1.07 bits per heavy atom. The van der Waals surface area contributed by atoms with Gasteiger partial charge in [-0.05, 0) is 48.9 Å². The second kappa shape index (κ2) is 8.53. The third-order valence-corrected chi connectivity index (χ3v) is 5.61. The summed E-state index contributed by atoms with van der Waals surface area (Å²) < 4.78 is 26.2. The molecule has 9 heteroatoms. The highest BCUT2D eigenvalue weighted by molar-refractivity contribution is 9.10. The molecule has 0 heterocycles. The van der Waals surface area contributed by atoms with Crippen molar-refractivity contribution in [2.45, 2.75) is 13.8 Å². The van der Waals surface area contributed by atoms with Crippen LogP contribution >= 0.6 is 15.9 Å². The number of hydrogen-bond donors (Lipinski definition) is 2. The lowest BCUT2D eigenvalue weighted by molar-refractivity contribution is -0.115. The summed E-state index contributed by atoms with van der Waals surface area (Å²) in [5, 5.41) is 5.27. The summed E-state index contributed by atoms with van der Waals surface area (Å²) in [6, 6.07) is 11.7. The van der Waals surface area contributed by atoms with Crippen LogP contribution in [0.4, 0.5) is 17.1 Å². The summed E-state index contributed by atoms with van der Waals surface area (Å²) >= 11 is 3.37. The molecule has 0 saturated carbocycles. The van der Waals surface area contributed by atoms with Gasteiger partial charge in [-0.2, -0.15) is 0 Å². The van der Waals surface area contributed by atoms with Crippen LogP contribution in [-0.4, -0.2) is 33.0 Å². The normalized spacial score (nSPS) is 11.0. The summed E-state index contributed by atoms with van der Waals surface area (Å²) in [6.07, 6.45) is 1.05. The average Bonchev–Trinajstić information content (AvgIpc) is 2.54. The van der Waals surface area contributed by atoms with E-state index in [4.69, 9.17) is 0 Å². The molecule has 0 fully saturated rings. The quantitative estimate of drug-likeness (QED) is 0.701. The van der Waals surface area contributed by atoms with Crippen LogP contribution in [0.3, 0.4) is 0 Å². The molecular weight excluding hydrogens is 434 g/mol. The number of nitrogens with zero attached hydrogens (tertiary/aromatic N) is 1. The predicted molar refractivity (Wildman–Crippen MR) is 110 cm³/mol. The van der Waals surface area contributed by atoms with Gasteiger partial charge in [-0.25, -0.2) is 8.42 Å². The van der Waals surface area contributed by atoms with Crippen molar-refractivity contribution < 1.29 is 18.0 Å². The lowest BCUT2D eigenvalue weighted by Gasteiger charge is -2.22.